The number of anilines is 1. The van der Waals surface area contributed by atoms with E-state index in [1.807, 2.05) is 30.5 Å². The van der Waals surface area contributed by atoms with Gasteiger partial charge in [-0.15, -0.1) is 0 Å². The van der Waals surface area contributed by atoms with E-state index >= 15 is 0 Å². The number of hydrogen-bond acceptors (Lipinski definition) is 10. The number of aromatic nitrogens is 1. The Morgan fingerprint density at radius 3 is 2.47 bits per heavy atom. The zero-order valence-corrected chi connectivity index (χ0v) is 51.1. The first-order valence-electron chi connectivity index (χ1n) is 32.4. The number of phenols is 1. The van der Waals surface area contributed by atoms with Crippen molar-refractivity contribution in [3.63, 3.8) is 0 Å². The van der Waals surface area contributed by atoms with Gasteiger partial charge in [0.15, 0.2) is 5.96 Å². The molecule has 3 fully saturated rings. The molecule has 1 aromatic heterocycles. The molecule has 88 heavy (non-hydrogen) atoms. The molecule has 6 aliphatic heterocycles. The van der Waals surface area contributed by atoms with E-state index in [2.05, 4.69) is 125 Å². The smallest absolute Gasteiger partial charge is 0.268 e. The van der Waals surface area contributed by atoms with E-state index in [1.165, 1.54) is 16.7 Å². The molecule has 0 unspecified atom stereocenters. The van der Waals surface area contributed by atoms with Crippen LogP contribution in [-0.4, -0.2) is 75.9 Å². The SMILES string of the molecule is C[C@@H]1CCc2cc3ccc2[C@H]1C[C@@H](S(=O)(=O)O)[C@H]1C=C2C[C@H](C[C@H]4C[C@@H](CO)CC#Cc5cc(O)ccc5[C@@H]2O4)[C@@H]1c1ccc(cc1)[C@](N=C(N)N)([C@H]1CC[C@H]2CC[C@H](c4ccc5c(c4)[C@@H](CNc4ccc[nH]4)NCC5)C[C@@]2(O)[C@@H]1Cc1ccccc1)O3. The number of benzene rings is 5. The van der Waals surface area contributed by atoms with Crippen molar-refractivity contribution < 1.29 is 37.8 Å². The number of nitrogens with zero attached hydrogens (tertiary/aromatic N) is 1. The maximum Gasteiger partial charge on any atom is 0.268 e. The van der Waals surface area contributed by atoms with Crippen LogP contribution in [0.15, 0.2) is 144 Å². The number of aromatic amines is 1. The highest BCUT2D eigenvalue weighted by molar-refractivity contribution is 7.86. The number of aromatic hydroxyl groups is 1. The van der Waals surface area contributed by atoms with Gasteiger partial charge in [0, 0.05) is 66.3 Å². The quantitative estimate of drug-likeness (QED) is 0.0205. The molecule has 6 aromatic rings. The number of fused-ring (bicyclic) bond motifs is 11. The van der Waals surface area contributed by atoms with E-state index in [9.17, 15) is 28.3 Å². The molecule has 7 heterocycles. The Labute approximate surface area is 517 Å². The number of hydrogen-bond donors (Lipinski definition) is 9. The Balaban J connectivity index is 0.913. The summed E-state index contributed by atoms with van der Waals surface area (Å²) in [6, 6.07) is 41.4. The summed E-state index contributed by atoms with van der Waals surface area (Å²) in [5, 5.41) is 42.0. The summed E-state index contributed by atoms with van der Waals surface area (Å²) < 4.78 is 56.0. The van der Waals surface area contributed by atoms with Crippen LogP contribution in [0, 0.1) is 53.3 Å². The van der Waals surface area contributed by atoms with Crippen LogP contribution in [0.3, 0.4) is 0 Å². The van der Waals surface area contributed by atoms with Crippen LogP contribution in [0.4, 0.5) is 5.82 Å². The molecule has 0 amide bonds. The number of rotatable bonds is 10. The minimum Gasteiger partial charge on any atom is -0.508 e. The predicted molar refractivity (Wildman–Crippen MR) is 342 cm³/mol. The minimum atomic E-state index is -4.71. The van der Waals surface area contributed by atoms with Crippen LogP contribution in [0.2, 0.25) is 0 Å². The Hall–Kier alpha value is -6.90. The molecule has 14 nitrogen and oxygen atoms in total. The van der Waals surface area contributed by atoms with Gasteiger partial charge in [-0.1, -0.05) is 110 Å². The van der Waals surface area contributed by atoms with E-state index in [4.69, 9.17) is 25.9 Å². The summed E-state index contributed by atoms with van der Waals surface area (Å²) in [7, 11) is -4.71. The largest absolute Gasteiger partial charge is 0.508 e. The normalized spacial score (nSPS) is 33.1. The molecule has 4 aliphatic carbocycles. The first-order valence-corrected chi connectivity index (χ1v) is 33.9. The third kappa shape index (κ3) is 11.1. The summed E-state index contributed by atoms with van der Waals surface area (Å²) in [4.78, 5) is 8.68. The average Bonchev–Trinajstić information content (AvgIpc) is 0.887. The van der Waals surface area contributed by atoms with Gasteiger partial charge in [0.05, 0.1) is 17.0 Å². The minimum absolute atomic E-state index is 0.0115. The monoisotopic (exact) mass is 1200 g/mol. The van der Waals surface area contributed by atoms with Crippen LogP contribution in [0.5, 0.6) is 11.5 Å². The summed E-state index contributed by atoms with van der Waals surface area (Å²) in [5.74, 6) is 5.77. The number of allylic oxidation sites excluding steroid dienone is 1. The van der Waals surface area contributed by atoms with Gasteiger partial charge < -0.3 is 51.9 Å². The van der Waals surface area contributed by atoms with Crippen LogP contribution in [-0.2, 0) is 39.8 Å². The van der Waals surface area contributed by atoms with Gasteiger partial charge in [0.2, 0.25) is 5.72 Å². The van der Waals surface area contributed by atoms with Crippen molar-refractivity contribution in [2.75, 3.05) is 25.0 Å². The lowest BCUT2D eigenvalue weighted by Gasteiger charge is -2.57. The molecule has 10 bridgehead atoms. The molecule has 16 rings (SSSR count). The third-order valence-electron chi connectivity index (χ3n) is 22.3. The van der Waals surface area contributed by atoms with E-state index in [0.717, 1.165) is 90.8 Å². The highest BCUT2D eigenvalue weighted by Gasteiger charge is 2.60. The molecule has 10 aliphatic rings. The maximum atomic E-state index is 14.6. The number of aryl methyl sites for hydroxylation is 1. The molecule has 0 radical (unpaired) electrons. The second-order valence-electron chi connectivity index (χ2n) is 27.3. The van der Waals surface area contributed by atoms with Crippen molar-refractivity contribution in [3.8, 4) is 23.3 Å². The molecule has 460 valence electrons. The Morgan fingerprint density at radius 2 is 1.67 bits per heavy atom. The first kappa shape index (κ1) is 58.8. The second-order valence-corrected chi connectivity index (χ2v) is 28.9. The lowest BCUT2D eigenvalue weighted by atomic mass is 9.52. The van der Waals surface area contributed by atoms with Crippen molar-refractivity contribution in [1.29, 1.82) is 0 Å². The predicted octanol–water partition coefficient (Wildman–Crippen LogP) is 11.4. The molecule has 11 N–H and O–H groups in total. The number of nitrogens with one attached hydrogen (secondary N) is 3. The van der Waals surface area contributed by atoms with E-state index in [0.29, 0.717) is 61.8 Å². The maximum absolute atomic E-state index is 14.6. The molecule has 2 saturated carbocycles. The standard InChI is InChI=1S/C73H84N6O8S/c1-43-12-13-50-35-57-24-26-59(50)61(43)39-67(88(83,84)85)63-38-53-33-52(36-58-31-45(42-80)9-5-10-49-34-56(81)23-25-60(49)70(53)86-58)69(63)47-16-20-55(21-17-47)73(87-57,79-71(74)75)64-27-22-54-19-18-51(40-72(54,82)65(64)32-44-7-3-2-4-8-44)48-15-14-46-28-30-76-66(62(46)37-48)41-78-68-11-6-29-77-68/h2-4,6-8,11,14-17,20-21,23-26,29,34-35,37-38,43,45,51-52,54,58,61,63-67,69-70,76-78,80-82H,9,12-13,18-19,22,27-28,30-33,36,39-42H2,1H3,(H4,74,75,79)(H,83,84,85)/t43-,45+,51+,52-,54-,58-,61+,63-,64+,65-,66-,67-,69+,70-,72+,73-/m1/s1. The highest BCUT2D eigenvalue weighted by Crippen LogP contribution is 2.60. The molecule has 0 spiro atoms. The number of guanidine groups is 1. The molecule has 15 heteroatoms. The van der Waals surface area contributed by atoms with Crippen molar-refractivity contribution in [2.24, 2.45) is 57.9 Å². The van der Waals surface area contributed by atoms with E-state index in [1.54, 1.807) is 12.1 Å². The Kier molecular flexibility index (Phi) is 15.9. The molecular weight excluding hydrogens is 1120 g/mol. The number of nitrogens with two attached hydrogens (primary N) is 2. The molecule has 16 atom stereocenters. The average molecular weight is 1210 g/mol. The van der Waals surface area contributed by atoms with Crippen molar-refractivity contribution in [1.82, 2.24) is 10.3 Å². The summed E-state index contributed by atoms with van der Waals surface area (Å²) in [6.07, 6.45) is 12.3. The zero-order valence-electron chi connectivity index (χ0n) is 50.2. The Morgan fingerprint density at radius 1 is 0.852 bits per heavy atom. The summed E-state index contributed by atoms with van der Waals surface area (Å²) in [6.45, 7) is 3.76. The van der Waals surface area contributed by atoms with E-state index in [-0.39, 0.29) is 72.4 Å². The summed E-state index contributed by atoms with van der Waals surface area (Å²) in [5.41, 5.74) is 21.9. The zero-order chi connectivity index (χ0) is 60.5. The number of aliphatic hydroxyl groups is 2. The van der Waals surface area contributed by atoms with E-state index < -0.39 is 56.5 Å². The number of aliphatic hydroxyl groups excluding tert-OH is 1. The van der Waals surface area contributed by atoms with Crippen LogP contribution in [0.1, 0.15) is 163 Å². The lowest BCUT2D eigenvalue weighted by Crippen LogP contribution is -2.60. The molecule has 5 aromatic carbocycles. The first-order chi connectivity index (χ1) is 42.6. The van der Waals surface area contributed by atoms with Crippen LogP contribution in [0.25, 0.3) is 0 Å². The molecular formula is C73H84N6O8S. The van der Waals surface area contributed by atoms with Gasteiger partial charge in [-0.05, 0) is 212 Å². The number of H-pyrrole nitrogens is 1. The topological polar surface area (TPSA) is 238 Å². The van der Waals surface area contributed by atoms with Gasteiger partial charge in [-0.3, -0.25) is 4.55 Å². The van der Waals surface area contributed by atoms with Gasteiger partial charge >= 0.3 is 0 Å². The number of ether oxygens (including phenoxy) is 2. The van der Waals surface area contributed by atoms with Crippen molar-refractivity contribution in [2.45, 2.75) is 149 Å². The Bertz CT molecular complexity index is 3780. The second kappa shape index (κ2) is 23.8. The van der Waals surface area contributed by atoms with Gasteiger partial charge in [-0.25, -0.2) is 4.99 Å². The van der Waals surface area contributed by atoms with Gasteiger partial charge in [0.1, 0.15) is 23.4 Å². The van der Waals surface area contributed by atoms with Gasteiger partial charge in [0.25, 0.3) is 10.1 Å². The fraction of sp³-hybridized carbons (Fsp3) is 0.466. The summed E-state index contributed by atoms with van der Waals surface area (Å²) >= 11 is 0. The number of aliphatic imine (C=N–C) groups is 1. The van der Waals surface area contributed by atoms with Crippen molar-refractivity contribution >= 4 is 21.9 Å². The third-order valence-corrected chi connectivity index (χ3v) is 23.6. The van der Waals surface area contributed by atoms with Gasteiger partial charge in [-0.2, -0.15) is 8.42 Å². The van der Waals surface area contributed by atoms with Crippen LogP contribution < -0.4 is 26.8 Å². The fourth-order valence-corrected chi connectivity index (χ4v) is 19.2. The molecule has 1 saturated heterocycles. The van der Waals surface area contributed by atoms with Crippen LogP contribution >= 0.6 is 0 Å². The van der Waals surface area contributed by atoms with Crippen molar-refractivity contribution in [3.05, 3.63) is 195 Å². The highest BCUT2D eigenvalue weighted by atomic mass is 32.2. The lowest BCUT2D eigenvalue weighted by molar-refractivity contribution is -0.177. The fourth-order valence-electron chi connectivity index (χ4n) is 18.1. The number of phenolic OH excluding ortho intramolecular Hbond substituents is 1.